The highest BCUT2D eigenvalue weighted by Gasteiger charge is 2.29. The molecule has 1 aromatic heterocycles. The van der Waals surface area contributed by atoms with E-state index in [-0.39, 0.29) is 17.5 Å². The van der Waals surface area contributed by atoms with E-state index in [0.29, 0.717) is 45.1 Å². The van der Waals surface area contributed by atoms with Gasteiger partial charge in [0.1, 0.15) is 11.7 Å². The summed E-state index contributed by atoms with van der Waals surface area (Å²) in [5.74, 6) is -0.327. The van der Waals surface area contributed by atoms with Gasteiger partial charge in [-0.25, -0.2) is 9.07 Å². The number of fused-ring (bicyclic) bond motifs is 2. The van der Waals surface area contributed by atoms with Crippen molar-refractivity contribution in [3.05, 3.63) is 70.1 Å². The highest BCUT2D eigenvalue weighted by atomic mass is 35.5. The second kappa shape index (κ2) is 7.82. The number of ether oxygens (including phenoxy) is 1. The maximum Gasteiger partial charge on any atom is 0.195 e. The Morgan fingerprint density at radius 2 is 1.97 bits per heavy atom. The van der Waals surface area contributed by atoms with E-state index in [1.807, 2.05) is 18.2 Å². The van der Waals surface area contributed by atoms with Crippen LogP contribution in [0.15, 0.2) is 42.6 Å². The first-order valence-electron chi connectivity index (χ1n) is 11.4. The molecule has 5 nitrogen and oxygen atoms in total. The summed E-state index contributed by atoms with van der Waals surface area (Å²) < 4.78 is 22.1. The molecule has 0 radical (unpaired) electrons. The Hall–Kier alpha value is -2.96. The molecule has 1 aliphatic heterocycles. The summed E-state index contributed by atoms with van der Waals surface area (Å²) in [6, 6.07) is 10.4. The predicted octanol–water partition coefficient (Wildman–Crippen LogP) is 6.37. The van der Waals surface area contributed by atoms with Crippen molar-refractivity contribution < 1.29 is 13.9 Å². The minimum Gasteiger partial charge on any atom is -0.398 e. The zero-order valence-electron chi connectivity index (χ0n) is 18.0. The molecule has 1 unspecified atom stereocenters. The summed E-state index contributed by atoms with van der Waals surface area (Å²) in [6.07, 6.45) is 6.45. The van der Waals surface area contributed by atoms with E-state index in [2.05, 4.69) is 5.10 Å². The largest absolute Gasteiger partial charge is 0.398 e. The number of anilines is 1. The second-order valence-electron chi connectivity index (χ2n) is 8.98. The third-order valence-electron chi connectivity index (χ3n) is 6.79. The molecule has 2 N–H and O–H groups in total. The van der Waals surface area contributed by atoms with Crippen LogP contribution in [-0.2, 0) is 4.74 Å². The van der Waals surface area contributed by atoms with Crippen LogP contribution in [0.4, 0.5) is 10.1 Å². The summed E-state index contributed by atoms with van der Waals surface area (Å²) in [6.45, 7) is 0.646. The number of carbonyl (C=O) groups excluding carboxylic acids is 1. The Kier molecular flexibility index (Phi) is 4.89. The lowest BCUT2D eigenvalue weighted by atomic mass is 9.91. The Morgan fingerprint density at radius 1 is 1.12 bits per heavy atom. The lowest BCUT2D eigenvalue weighted by Crippen LogP contribution is -2.18. The quantitative estimate of drug-likeness (QED) is 0.282. The highest BCUT2D eigenvalue weighted by molar-refractivity contribution is 6.37. The number of rotatable bonds is 4. The first-order chi connectivity index (χ1) is 16.0. The van der Waals surface area contributed by atoms with Crippen molar-refractivity contribution in [2.45, 2.75) is 44.2 Å². The number of nitrogens with zero attached hydrogens (tertiary/aromatic N) is 2. The van der Waals surface area contributed by atoms with Crippen LogP contribution < -0.4 is 5.73 Å². The monoisotopic (exact) mass is 463 g/mol. The molecular weight excluding hydrogens is 441 g/mol. The Labute approximate surface area is 195 Å². The minimum absolute atomic E-state index is 0.162. The number of ketones is 1. The first-order valence-corrected chi connectivity index (χ1v) is 11.7. The number of benzene rings is 3. The van der Waals surface area contributed by atoms with E-state index >= 15 is 0 Å². The molecule has 4 aromatic rings. The second-order valence-corrected chi connectivity index (χ2v) is 9.39. The van der Waals surface area contributed by atoms with Crippen LogP contribution in [-0.4, -0.2) is 22.2 Å². The Bertz CT molecular complexity index is 1420. The van der Waals surface area contributed by atoms with Crippen molar-refractivity contribution >= 4 is 44.7 Å². The normalized spacial score (nSPS) is 18.8. The maximum atomic E-state index is 14.7. The molecule has 3 aromatic carbocycles. The van der Waals surface area contributed by atoms with Gasteiger partial charge in [0.2, 0.25) is 0 Å². The summed E-state index contributed by atoms with van der Waals surface area (Å²) in [5.41, 5.74) is 8.89. The summed E-state index contributed by atoms with van der Waals surface area (Å²) in [5, 5.41) is 7.10. The average Bonchev–Trinajstić information content (AvgIpc) is 3.57. The zero-order valence-corrected chi connectivity index (χ0v) is 18.7. The van der Waals surface area contributed by atoms with Gasteiger partial charge in [-0.3, -0.25) is 4.79 Å². The molecule has 1 aliphatic carbocycles. The molecule has 33 heavy (non-hydrogen) atoms. The number of nitrogens with two attached hydrogens (primary N) is 1. The topological polar surface area (TPSA) is 70.1 Å². The Balaban J connectivity index is 1.52. The van der Waals surface area contributed by atoms with Crippen molar-refractivity contribution in [3.63, 3.8) is 0 Å². The number of carbonyl (C=O) groups is 1. The van der Waals surface area contributed by atoms with E-state index in [9.17, 15) is 9.18 Å². The van der Waals surface area contributed by atoms with Crippen molar-refractivity contribution in [1.82, 2.24) is 9.78 Å². The van der Waals surface area contributed by atoms with E-state index in [0.717, 1.165) is 43.1 Å². The fraction of sp³-hybridized carbons (Fsp3) is 0.308. The van der Waals surface area contributed by atoms with Gasteiger partial charge in [0, 0.05) is 34.7 Å². The van der Waals surface area contributed by atoms with Gasteiger partial charge in [0.25, 0.3) is 0 Å². The van der Waals surface area contributed by atoms with Crippen molar-refractivity contribution in [3.8, 4) is 0 Å². The van der Waals surface area contributed by atoms with Gasteiger partial charge in [-0.05, 0) is 73.2 Å². The molecule has 168 valence electrons. The van der Waals surface area contributed by atoms with Crippen molar-refractivity contribution in [1.29, 1.82) is 0 Å². The van der Waals surface area contributed by atoms with Gasteiger partial charge in [-0.2, -0.15) is 5.10 Å². The van der Waals surface area contributed by atoms with Gasteiger partial charge in [0.15, 0.2) is 11.6 Å². The lowest BCUT2D eigenvalue weighted by molar-refractivity contribution is -0.0391. The molecule has 0 amide bonds. The van der Waals surface area contributed by atoms with E-state index in [1.54, 1.807) is 16.9 Å². The van der Waals surface area contributed by atoms with Crippen LogP contribution >= 0.6 is 11.6 Å². The van der Waals surface area contributed by atoms with Crippen LogP contribution in [0.2, 0.25) is 5.02 Å². The maximum absolute atomic E-state index is 14.7. The summed E-state index contributed by atoms with van der Waals surface area (Å²) in [4.78, 5) is 13.8. The van der Waals surface area contributed by atoms with Crippen molar-refractivity contribution in [2.75, 3.05) is 12.3 Å². The molecule has 1 saturated carbocycles. The standard InChI is InChI=1S/C26H23ClFN3O2/c27-20-5-3-4-15-17(14-7-8-14)12-18(24(29)23(15)20)26(32)16-9-10-21(28)25-19(16)13-31(30-25)22-6-1-2-11-33-22/h3-5,9-10,12-14,22H,1-2,6-8,11,29H2. The predicted molar refractivity (Wildman–Crippen MR) is 127 cm³/mol. The number of halogens is 2. The van der Waals surface area contributed by atoms with E-state index < -0.39 is 5.82 Å². The molecule has 2 aliphatic rings. The number of hydrogen-bond donors (Lipinski definition) is 1. The molecule has 7 heteroatoms. The molecule has 6 rings (SSSR count). The SMILES string of the molecule is Nc1c(C(=O)c2ccc(F)c3nn(C4CCCCO4)cc23)cc(C2CC2)c2cccc(Cl)c12. The molecular formula is C26H23ClFN3O2. The summed E-state index contributed by atoms with van der Waals surface area (Å²) in [7, 11) is 0. The molecule has 1 atom stereocenters. The van der Waals surface area contributed by atoms with Crippen LogP contribution in [0.5, 0.6) is 0 Å². The van der Waals surface area contributed by atoms with Gasteiger partial charge in [-0.1, -0.05) is 23.7 Å². The van der Waals surface area contributed by atoms with E-state index in [1.165, 1.54) is 12.1 Å². The van der Waals surface area contributed by atoms with Gasteiger partial charge in [0.05, 0.1) is 10.7 Å². The Morgan fingerprint density at radius 3 is 2.73 bits per heavy atom. The lowest BCUT2D eigenvalue weighted by Gasteiger charge is -2.22. The number of hydrogen-bond acceptors (Lipinski definition) is 4. The first kappa shape index (κ1) is 20.6. The zero-order chi connectivity index (χ0) is 22.7. The molecule has 2 fully saturated rings. The van der Waals surface area contributed by atoms with Crippen LogP contribution in [0.25, 0.3) is 21.7 Å². The molecule has 0 bridgehead atoms. The van der Waals surface area contributed by atoms with Crippen molar-refractivity contribution in [2.24, 2.45) is 0 Å². The van der Waals surface area contributed by atoms with Gasteiger partial charge in [-0.15, -0.1) is 0 Å². The minimum atomic E-state index is -0.468. The van der Waals surface area contributed by atoms with Gasteiger partial charge < -0.3 is 10.5 Å². The van der Waals surface area contributed by atoms with Crippen LogP contribution in [0.1, 0.15) is 65.7 Å². The third kappa shape index (κ3) is 3.40. The fourth-order valence-corrected chi connectivity index (χ4v) is 5.19. The van der Waals surface area contributed by atoms with Gasteiger partial charge >= 0.3 is 0 Å². The van der Waals surface area contributed by atoms with Crippen LogP contribution in [0, 0.1) is 5.82 Å². The molecule has 0 spiro atoms. The third-order valence-corrected chi connectivity index (χ3v) is 7.10. The fourth-order valence-electron chi connectivity index (χ4n) is 4.92. The summed E-state index contributed by atoms with van der Waals surface area (Å²) >= 11 is 6.52. The average molecular weight is 464 g/mol. The van der Waals surface area contributed by atoms with E-state index in [4.69, 9.17) is 22.1 Å². The smallest absolute Gasteiger partial charge is 0.195 e. The van der Waals surface area contributed by atoms with Crippen LogP contribution in [0.3, 0.4) is 0 Å². The highest BCUT2D eigenvalue weighted by Crippen LogP contribution is 2.46. The number of nitrogen functional groups attached to an aromatic ring is 1. The molecule has 2 heterocycles. The number of aromatic nitrogens is 2. The molecule has 1 saturated heterocycles.